The molecule has 0 spiro atoms. The zero-order valence-electron chi connectivity index (χ0n) is 13.6. The minimum absolute atomic E-state index is 0.00153. The lowest BCUT2D eigenvalue weighted by Gasteiger charge is -2.37. The molecule has 1 amide bonds. The van der Waals surface area contributed by atoms with Crippen molar-refractivity contribution in [2.45, 2.75) is 17.2 Å². The monoisotopic (exact) mass is 418 g/mol. The van der Waals surface area contributed by atoms with E-state index in [-0.39, 0.29) is 29.8 Å². The second-order valence-corrected chi connectivity index (χ2v) is 9.25. The molecule has 1 fully saturated rings. The zero-order chi connectivity index (χ0) is 19.1. The van der Waals surface area contributed by atoms with E-state index < -0.39 is 22.0 Å². The van der Waals surface area contributed by atoms with Gasteiger partial charge in [0.1, 0.15) is 15.3 Å². The van der Waals surface area contributed by atoms with E-state index in [2.05, 4.69) is 5.10 Å². The number of sulfonamides is 1. The van der Waals surface area contributed by atoms with Crippen LogP contribution in [0.25, 0.3) is 5.00 Å². The summed E-state index contributed by atoms with van der Waals surface area (Å²) < 4.78 is 28.3. The molecule has 140 valence electrons. The summed E-state index contributed by atoms with van der Waals surface area (Å²) in [6.45, 7) is 1.20. The van der Waals surface area contributed by atoms with E-state index in [0.29, 0.717) is 10.0 Å². The molecule has 1 N–H and O–H groups in total. The van der Waals surface area contributed by atoms with Gasteiger partial charge < -0.3 is 10.0 Å². The minimum atomic E-state index is -4.03. The highest BCUT2D eigenvalue weighted by molar-refractivity contribution is 7.91. The van der Waals surface area contributed by atoms with Crippen molar-refractivity contribution in [2.24, 2.45) is 0 Å². The van der Waals surface area contributed by atoms with Crippen molar-refractivity contribution < 1.29 is 23.1 Å². The van der Waals surface area contributed by atoms with E-state index in [4.69, 9.17) is 11.6 Å². The highest BCUT2D eigenvalue weighted by Crippen LogP contribution is 2.30. The number of amides is 1. The highest BCUT2D eigenvalue weighted by Gasteiger charge is 2.41. The predicted octanol–water partition coefficient (Wildman–Crippen LogP) is 0.893. The predicted molar refractivity (Wildman–Crippen MR) is 94.0 cm³/mol. The van der Waals surface area contributed by atoms with Gasteiger partial charge in [0.25, 0.3) is 10.0 Å². The Labute approximate surface area is 158 Å². The van der Waals surface area contributed by atoms with Gasteiger partial charge >= 0.3 is 5.97 Å². The molecule has 1 saturated heterocycles. The lowest BCUT2D eigenvalue weighted by molar-refractivity contribution is -0.145. The molecule has 2 aromatic heterocycles. The summed E-state index contributed by atoms with van der Waals surface area (Å²) in [6, 6.07) is 1.64. The van der Waals surface area contributed by atoms with Crippen LogP contribution in [0.5, 0.6) is 0 Å². The molecule has 0 aromatic carbocycles. The van der Waals surface area contributed by atoms with Gasteiger partial charge in [-0.05, 0) is 12.1 Å². The first kappa shape index (κ1) is 18.8. The summed E-state index contributed by atoms with van der Waals surface area (Å²) in [6.07, 6.45) is 2.96. The Morgan fingerprint density at radius 1 is 1.35 bits per heavy atom. The Balaban J connectivity index is 1.91. The maximum Gasteiger partial charge on any atom is 0.323 e. The Morgan fingerprint density at radius 2 is 2.08 bits per heavy atom. The molecule has 0 saturated carbocycles. The molecule has 12 heteroatoms. The summed E-state index contributed by atoms with van der Waals surface area (Å²) in [5, 5.41) is 14.4. The highest BCUT2D eigenvalue weighted by atomic mass is 35.5. The number of carbonyl (C=O) groups is 2. The van der Waals surface area contributed by atoms with Crippen LogP contribution in [-0.4, -0.2) is 70.1 Å². The van der Waals surface area contributed by atoms with Gasteiger partial charge in [-0.25, -0.2) is 13.1 Å². The fourth-order valence-electron chi connectivity index (χ4n) is 2.65. The van der Waals surface area contributed by atoms with Crippen LogP contribution in [0.4, 0.5) is 0 Å². The number of nitrogens with zero attached hydrogens (tertiary/aromatic N) is 4. The molecule has 1 aliphatic heterocycles. The lowest BCUT2D eigenvalue weighted by atomic mass is 10.2. The Kier molecular flexibility index (Phi) is 5.06. The van der Waals surface area contributed by atoms with E-state index in [1.165, 1.54) is 35.0 Å². The van der Waals surface area contributed by atoms with Crippen molar-refractivity contribution in [3.63, 3.8) is 0 Å². The van der Waals surface area contributed by atoms with Gasteiger partial charge in [-0.1, -0.05) is 11.6 Å². The van der Waals surface area contributed by atoms with Gasteiger partial charge in [0.05, 0.1) is 17.4 Å². The van der Waals surface area contributed by atoms with Crippen molar-refractivity contribution in [2.75, 3.05) is 19.6 Å². The third kappa shape index (κ3) is 3.47. The molecule has 26 heavy (non-hydrogen) atoms. The number of halogens is 1. The maximum atomic E-state index is 12.9. The maximum absolute atomic E-state index is 12.9. The fourth-order valence-corrected chi connectivity index (χ4v) is 5.71. The van der Waals surface area contributed by atoms with Crippen LogP contribution >= 0.6 is 22.9 Å². The first-order valence-electron chi connectivity index (χ1n) is 7.50. The number of rotatable bonds is 4. The first-order chi connectivity index (χ1) is 12.2. The number of piperazine rings is 1. The lowest BCUT2D eigenvalue weighted by Crippen LogP contribution is -2.58. The zero-order valence-corrected chi connectivity index (χ0v) is 16.0. The van der Waals surface area contributed by atoms with Gasteiger partial charge in [0, 0.05) is 26.6 Å². The molecule has 1 aliphatic rings. The Hall–Kier alpha value is -1.95. The molecule has 9 nitrogen and oxygen atoms in total. The van der Waals surface area contributed by atoms with E-state index >= 15 is 0 Å². The molecule has 1 atom stereocenters. The van der Waals surface area contributed by atoms with Crippen LogP contribution in [0, 0.1) is 0 Å². The van der Waals surface area contributed by atoms with Crippen LogP contribution in [0.3, 0.4) is 0 Å². The molecular formula is C14H15ClN4O5S2. The van der Waals surface area contributed by atoms with Crippen LogP contribution in [0.15, 0.2) is 28.7 Å². The number of hydrogen-bond acceptors (Lipinski definition) is 6. The molecule has 3 rings (SSSR count). The van der Waals surface area contributed by atoms with Crippen molar-refractivity contribution in [3.8, 4) is 5.00 Å². The second kappa shape index (κ2) is 6.99. The molecule has 1 unspecified atom stereocenters. The number of thiophene rings is 1. The van der Waals surface area contributed by atoms with Gasteiger partial charge in [-0.3, -0.25) is 9.59 Å². The van der Waals surface area contributed by atoms with Gasteiger partial charge in [0.2, 0.25) is 5.91 Å². The van der Waals surface area contributed by atoms with Crippen LogP contribution in [0.1, 0.15) is 6.92 Å². The molecule has 0 radical (unpaired) electrons. The smallest absolute Gasteiger partial charge is 0.323 e. The number of aromatic nitrogens is 2. The van der Waals surface area contributed by atoms with Crippen molar-refractivity contribution in [1.82, 2.24) is 19.0 Å². The van der Waals surface area contributed by atoms with Crippen LogP contribution in [0.2, 0.25) is 5.02 Å². The van der Waals surface area contributed by atoms with E-state index in [1.807, 2.05) is 0 Å². The van der Waals surface area contributed by atoms with Crippen molar-refractivity contribution in [3.05, 3.63) is 29.5 Å². The Morgan fingerprint density at radius 3 is 2.65 bits per heavy atom. The molecule has 2 aromatic rings. The van der Waals surface area contributed by atoms with Gasteiger partial charge in [-0.15, -0.1) is 11.3 Å². The summed E-state index contributed by atoms with van der Waals surface area (Å²) >= 11 is 6.78. The number of carboxylic acid groups (broad SMARTS) is 1. The van der Waals surface area contributed by atoms with Crippen molar-refractivity contribution in [1.29, 1.82) is 0 Å². The first-order valence-corrected chi connectivity index (χ1v) is 10.1. The summed E-state index contributed by atoms with van der Waals surface area (Å²) in [5.41, 5.74) is 0. The summed E-state index contributed by atoms with van der Waals surface area (Å²) in [7, 11) is -4.03. The number of carboxylic acids is 1. The topological polar surface area (TPSA) is 113 Å². The molecule has 0 aliphatic carbocycles. The van der Waals surface area contributed by atoms with Gasteiger partial charge in [0.15, 0.2) is 0 Å². The van der Waals surface area contributed by atoms with Crippen LogP contribution < -0.4 is 0 Å². The number of hydrogen-bond donors (Lipinski definition) is 1. The van der Waals surface area contributed by atoms with E-state index in [1.54, 1.807) is 6.07 Å². The average molecular weight is 419 g/mol. The Bertz CT molecular complexity index is 954. The van der Waals surface area contributed by atoms with Crippen LogP contribution in [-0.2, 0) is 19.6 Å². The summed E-state index contributed by atoms with van der Waals surface area (Å²) in [4.78, 5) is 24.4. The SMILES string of the molecule is CC(=O)N1CCN(S(=O)(=O)c2ccc(-n3cc(Cl)cn3)s2)C(C(=O)O)C1. The minimum Gasteiger partial charge on any atom is -0.480 e. The fraction of sp³-hybridized carbons (Fsp3) is 0.357. The number of carbonyl (C=O) groups excluding carboxylic acids is 1. The van der Waals surface area contributed by atoms with E-state index in [9.17, 15) is 23.1 Å². The second-order valence-electron chi connectivity index (χ2n) is 5.63. The largest absolute Gasteiger partial charge is 0.480 e. The molecule has 3 heterocycles. The quantitative estimate of drug-likeness (QED) is 0.789. The summed E-state index contributed by atoms with van der Waals surface area (Å²) in [5.74, 6) is -1.59. The molecule has 0 bridgehead atoms. The van der Waals surface area contributed by atoms with E-state index in [0.717, 1.165) is 15.6 Å². The number of aliphatic carboxylic acids is 1. The standard InChI is InChI=1S/C14H15ClN4O5S2/c1-9(20)17-4-5-19(11(8-17)14(21)22)26(23,24)13-3-2-12(25-13)18-7-10(15)6-16-18/h2-3,6-7,11H,4-5,8H2,1H3,(H,21,22). The normalized spacial score (nSPS) is 18.8. The molecular weight excluding hydrogens is 404 g/mol. The average Bonchev–Trinajstić information content (AvgIpc) is 3.23. The van der Waals surface area contributed by atoms with Crippen molar-refractivity contribution >= 4 is 44.8 Å². The third-order valence-corrected chi connectivity index (χ3v) is 7.61. The van der Waals surface area contributed by atoms with Gasteiger partial charge in [-0.2, -0.15) is 9.40 Å². The third-order valence-electron chi connectivity index (χ3n) is 3.97.